The standard InChI is InChI=1S/C29H32F3NO2.C28H30F3NO2.C25H40F3NO2.C14H18F3NO2/c1-21-4-11-24(12-5-21)27(25-13-6-22(2)7-14-25)20-33(3)18-19-35-26-15-8-23(9-16-26)10-17-28(34)29(30,31)32;1-20-4-11-23(12-5-20)27(24-13-6-21(2)7-14-24)32(3)18-19-34-25-15-8-22(9-16-25)10-17-26(33)28(29,30)31;1-3-4-5-6-7-8-9-10-11-12-19-29(2)20-21-31-23-16-13-22(14-17-23)15-18-24(30)25(26,27)28;1-18(2)9-10-20-12-6-3-11(4-7-12)5-8-13(19)14(15,16)17/h4-9,11-16,27H,10,17-20H2,1-3H3;4-9,11-16,27H,10,17-19H2,1-3H3;13-14,16-17H,3-12,15,18-21H2,1-2H3;3-4,6-7H,5,8-10H2,1-2H3. The van der Waals surface area contributed by atoms with Gasteiger partial charge in [-0.1, -0.05) is 233 Å². The molecule has 12 nitrogen and oxygen atoms in total. The molecule has 0 radical (unpaired) electrons. The first-order chi connectivity index (χ1) is 56.9. The minimum atomic E-state index is -4.77. The number of halogens is 12. The quantitative estimate of drug-likeness (QED) is 0.0267. The highest BCUT2D eigenvalue weighted by Crippen LogP contribution is 2.32. The van der Waals surface area contributed by atoms with E-state index in [0.29, 0.717) is 78.2 Å². The molecular weight excluding hydrogens is 1570 g/mol. The predicted molar refractivity (Wildman–Crippen MR) is 452 cm³/mol. The van der Waals surface area contributed by atoms with Crippen LogP contribution in [-0.4, -0.2) is 168 Å². The van der Waals surface area contributed by atoms with Crippen molar-refractivity contribution in [3.8, 4) is 23.0 Å². The van der Waals surface area contributed by atoms with Crippen LogP contribution in [0.2, 0.25) is 0 Å². The number of aryl methyl sites for hydroxylation is 8. The number of carbonyl (C=O) groups is 4. The first-order valence-corrected chi connectivity index (χ1v) is 41.1. The molecule has 0 aromatic heterocycles. The zero-order chi connectivity index (χ0) is 88.3. The Hall–Kier alpha value is -9.36. The maximum Gasteiger partial charge on any atom is 0.449 e. The molecule has 8 rings (SSSR count). The van der Waals surface area contributed by atoms with E-state index < -0.39 is 73.5 Å². The summed E-state index contributed by atoms with van der Waals surface area (Å²) >= 11 is 0. The Morgan fingerprint density at radius 1 is 0.300 bits per heavy atom. The average molecular weight is 1690 g/mol. The molecule has 0 aliphatic carbocycles. The van der Waals surface area contributed by atoms with Crippen LogP contribution in [0.15, 0.2) is 194 Å². The van der Waals surface area contributed by atoms with Crippen molar-refractivity contribution < 1.29 is 90.8 Å². The Bertz CT molecular complexity index is 4110. The molecule has 8 aromatic rings. The fourth-order valence-corrected chi connectivity index (χ4v) is 12.6. The molecule has 24 heteroatoms. The minimum absolute atomic E-state index is 0.0517. The second-order valence-electron chi connectivity index (χ2n) is 30.8. The van der Waals surface area contributed by atoms with E-state index in [1.54, 1.807) is 97.1 Å². The third-order valence-corrected chi connectivity index (χ3v) is 20.1. The van der Waals surface area contributed by atoms with Crippen LogP contribution in [0.5, 0.6) is 23.0 Å². The van der Waals surface area contributed by atoms with Gasteiger partial charge in [0.15, 0.2) is 0 Å². The molecule has 0 fully saturated rings. The minimum Gasteiger partial charge on any atom is -0.492 e. The molecule has 0 aliphatic heterocycles. The second-order valence-corrected chi connectivity index (χ2v) is 30.8. The van der Waals surface area contributed by atoms with Crippen LogP contribution < -0.4 is 18.9 Å². The third-order valence-electron chi connectivity index (χ3n) is 20.1. The van der Waals surface area contributed by atoms with Gasteiger partial charge in [-0.3, -0.25) is 24.1 Å². The van der Waals surface area contributed by atoms with Crippen LogP contribution in [0.4, 0.5) is 52.7 Å². The molecule has 0 amide bonds. The lowest BCUT2D eigenvalue weighted by molar-refractivity contribution is -0.171. The largest absolute Gasteiger partial charge is 0.492 e. The van der Waals surface area contributed by atoms with Crippen molar-refractivity contribution >= 4 is 23.1 Å². The Balaban J connectivity index is 0.000000290. The fourth-order valence-electron chi connectivity index (χ4n) is 12.6. The summed E-state index contributed by atoms with van der Waals surface area (Å²) in [5.74, 6) is -3.89. The fraction of sp³-hybridized carbons (Fsp3) is 0.458. The number of alkyl halides is 12. The van der Waals surface area contributed by atoms with E-state index in [2.05, 4.69) is 168 Å². The van der Waals surface area contributed by atoms with Gasteiger partial charge in [0.25, 0.3) is 0 Å². The van der Waals surface area contributed by atoms with Crippen LogP contribution in [0.1, 0.15) is 176 Å². The lowest BCUT2D eigenvalue weighted by Crippen LogP contribution is -2.29. The molecule has 0 saturated heterocycles. The molecule has 120 heavy (non-hydrogen) atoms. The molecule has 0 N–H and O–H groups in total. The van der Waals surface area contributed by atoms with Crippen LogP contribution in [-0.2, 0) is 44.9 Å². The Morgan fingerprint density at radius 3 is 0.825 bits per heavy atom. The number of rotatable bonds is 46. The van der Waals surface area contributed by atoms with Gasteiger partial charge in [0, 0.05) is 64.3 Å². The van der Waals surface area contributed by atoms with Gasteiger partial charge in [-0.15, -0.1) is 0 Å². The van der Waals surface area contributed by atoms with Gasteiger partial charge < -0.3 is 33.6 Å². The van der Waals surface area contributed by atoms with Crippen LogP contribution in [0.25, 0.3) is 0 Å². The number of hydrogen-bond acceptors (Lipinski definition) is 12. The summed E-state index contributed by atoms with van der Waals surface area (Å²) < 4.78 is 170. The zero-order valence-corrected chi connectivity index (χ0v) is 71.0. The van der Waals surface area contributed by atoms with Gasteiger partial charge in [0.05, 0.1) is 6.04 Å². The number of ether oxygens (including phenoxy) is 4. The van der Waals surface area contributed by atoms with Crippen molar-refractivity contribution in [3.63, 3.8) is 0 Å². The summed E-state index contributed by atoms with van der Waals surface area (Å²) in [4.78, 5) is 52.5. The van der Waals surface area contributed by atoms with Crippen LogP contribution >= 0.6 is 0 Å². The lowest BCUT2D eigenvalue weighted by Gasteiger charge is -2.29. The average Bonchev–Trinajstić information content (AvgIpc) is 0.816. The normalized spacial score (nSPS) is 11.8. The number of likely N-dealkylation sites (N-methyl/N-ethyl adjacent to an activating group) is 4. The molecular formula is C96H120F12N4O8. The number of unbranched alkanes of at least 4 members (excludes halogenated alkanes) is 9. The smallest absolute Gasteiger partial charge is 0.449 e. The monoisotopic (exact) mass is 1680 g/mol. The summed E-state index contributed by atoms with van der Waals surface area (Å²) in [6, 6.07) is 61.9. The second kappa shape index (κ2) is 52.7. The van der Waals surface area contributed by atoms with E-state index in [0.717, 1.165) is 32.7 Å². The molecule has 8 aromatic carbocycles. The van der Waals surface area contributed by atoms with Crippen molar-refractivity contribution in [2.75, 3.05) is 101 Å². The predicted octanol–water partition coefficient (Wildman–Crippen LogP) is 22.7. The highest BCUT2D eigenvalue weighted by molar-refractivity contribution is 5.85. The highest BCUT2D eigenvalue weighted by Gasteiger charge is 2.40. The molecule has 0 aliphatic rings. The van der Waals surface area contributed by atoms with Crippen molar-refractivity contribution in [2.45, 2.75) is 187 Å². The van der Waals surface area contributed by atoms with Gasteiger partial charge in [0.2, 0.25) is 23.1 Å². The molecule has 0 unspecified atom stereocenters. The number of ketones is 4. The Morgan fingerprint density at radius 2 is 0.550 bits per heavy atom. The molecule has 0 heterocycles. The van der Waals surface area contributed by atoms with Crippen molar-refractivity contribution in [1.29, 1.82) is 0 Å². The molecule has 656 valence electrons. The van der Waals surface area contributed by atoms with E-state index in [1.165, 1.54) is 109 Å². The van der Waals surface area contributed by atoms with Crippen LogP contribution in [0.3, 0.4) is 0 Å². The van der Waals surface area contributed by atoms with E-state index >= 15 is 0 Å². The van der Waals surface area contributed by atoms with Crippen LogP contribution in [0, 0.1) is 27.7 Å². The molecule has 0 spiro atoms. The lowest BCUT2D eigenvalue weighted by atomic mass is 9.90. The highest BCUT2D eigenvalue weighted by atomic mass is 19.4. The summed E-state index contributed by atoms with van der Waals surface area (Å²) in [5, 5.41) is 0. The maximum atomic E-state index is 12.4. The maximum absolute atomic E-state index is 12.4. The van der Waals surface area contributed by atoms with Gasteiger partial charge in [-0.2, -0.15) is 52.7 Å². The number of Topliss-reactive ketones (excluding diaryl/α,β-unsaturated/α-hetero) is 4. The number of carbonyl (C=O) groups excluding carboxylic acids is 4. The SMILES string of the molecule is CCCCCCCCCCCCN(C)CCOc1ccc(CCC(=O)C(F)(F)F)cc1.CN(C)CCOc1ccc(CCC(=O)C(F)(F)F)cc1.Cc1ccc(C(CN(C)CCOc2ccc(CCC(=O)C(F)(F)F)cc2)c2ccc(C)cc2)cc1.Cc1ccc(C(c2ccc(C)cc2)N(C)CCOc2ccc(CCC(=O)C(F)(F)F)cc2)cc1. The Labute approximate surface area is 701 Å². The van der Waals surface area contributed by atoms with Crippen molar-refractivity contribution in [3.05, 3.63) is 261 Å². The van der Waals surface area contributed by atoms with Gasteiger partial charge in [-0.05, 0) is 195 Å². The van der Waals surface area contributed by atoms with Crippen molar-refractivity contribution in [1.82, 2.24) is 19.6 Å². The number of benzene rings is 8. The summed E-state index contributed by atoms with van der Waals surface area (Å²) in [6.45, 7) is 17.5. The summed E-state index contributed by atoms with van der Waals surface area (Å²) in [7, 11) is 10.1. The van der Waals surface area contributed by atoms with Gasteiger partial charge >= 0.3 is 24.7 Å². The molecule has 0 atom stereocenters. The van der Waals surface area contributed by atoms with E-state index in [9.17, 15) is 71.9 Å². The molecule has 0 saturated carbocycles. The zero-order valence-electron chi connectivity index (χ0n) is 71.0. The van der Waals surface area contributed by atoms with E-state index in [-0.39, 0.29) is 37.6 Å². The van der Waals surface area contributed by atoms with E-state index in [4.69, 9.17) is 18.9 Å². The molecule has 0 bridgehead atoms. The topological polar surface area (TPSA) is 118 Å². The van der Waals surface area contributed by atoms with Gasteiger partial charge in [0.1, 0.15) is 49.4 Å². The summed E-state index contributed by atoms with van der Waals surface area (Å²) in [6.07, 6.45) is -7.56. The third kappa shape index (κ3) is 41.3. The van der Waals surface area contributed by atoms with E-state index in [1.807, 2.05) is 19.0 Å². The number of hydrogen-bond donors (Lipinski definition) is 0. The van der Waals surface area contributed by atoms with Gasteiger partial charge in [-0.25, -0.2) is 0 Å². The Kier molecular flexibility index (Phi) is 44.5. The number of nitrogens with zero attached hydrogens (tertiary/aromatic N) is 4. The first kappa shape index (κ1) is 101. The van der Waals surface area contributed by atoms with Crippen molar-refractivity contribution in [2.24, 2.45) is 0 Å². The summed E-state index contributed by atoms with van der Waals surface area (Å²) in [5.41, 5.74) is 12.6. The first-order valence-electron chi connectivity index (χ1n) is 41.1.